The molecule has 3 heterocycles. The van der Waals surface area contributed by atoms with E-state index in [2.05, 4.69) is 31.7 Å². The third-order valence-electron chi connectivity index (χ3n) is 6.27. The maximum absolute atomic E-state index is 13.3. The van der Waals surface area contributed by atoms with Crippen molar-refractivity contribution < 1.29 is 9.53 Å². The zero-order valence-electron chi connectivity index (χ0n) is 20.6. The quantitative estimate of drug-likeness (QED) is 0.573. The first-order valence-electron chi connectivity index (χ1n) is 11.6. The lowest BCUT2D eigenvalue weighted by atomic mass is 10.0. The summed E-state index contributed by atoms with van der Waals surface area (Å²) in [5.74, 6) is 7.30. The Kier molecular flexibility index (Phi) is 7.28. The first-order chi connectivity index (χ1) is 16.9. The smallest absolute Gasteiger partial charge is 0.257 e. The molecule has 0 aliphatic carbocycles. The number of anilines is 1. The number of hydrogen-bond donors (Lipinski definition) is 1. The Labute approximate surface area is 206 Å². The molecule has 1 aliphatic heterocycles. The van der Waals surface area contributed by atoms with E-state index >= 15 is 0 Å². The average molecular weight is 471 g/mol. The van der Waals surface area contributed by atoms with Crippen LogP contribution in [-0.4, -0.2) is 71.0 Å². The maximum atomic E-state index is 13.3. The summed E-state index contributed by atoms with van der Waals surface area (Å²) in [6, 6.07) is 9.48. The SMILES string of the molecule is CCc1ncnc(-c2ccc(C(=O)N3CC[C@H](N(C)C)C3)c(OC)c2)c1C#Cc1ccc(N)nc1. The Hall–Kier alpha value is -3.96. The molecule has 1 saturated heterocycles. The molecule has 0 unspecified atom stereocenters. The average Bonchev–Trinajstić information content (AvgIpc) is 3.38. The van der Waals surface area contributed by atoms with Crippen molar-refractivity contribution in [3.63, 3.8) is 0 Å². The number of nitrogens with zero attached hydrogens (tertiary/aromatic N) is 5. The van der Waals surface area contributed by atoms with Gasteiger partial charge in [-0.05, 0) is 51.2 Å². The van der Waals surface area contributed by atoms with Crippen molar-refractivity contribution in [2.75, 3.05) is 40.0 Å². The Morgan fingerprint density at radius 3 is 2.69 bits per heavy atom. The highest BCUT2D eigenvalue weighted by Gasteiger charge is 2.29. The lowest BCUT2D eigenvalue weighted by molar-refractivity contribution is 0.0779. The first-order valence-corrected chi connectivity index (χ1v) is 11.6. The summed E-state index contributed by atoms with van der Waals surface area (Å²) in [7, 11) is 5.67. The van der Waals surface area contributed by atoms with Gasteiger partial charge in [-0.2, -0.15) is 0 Å². The van der Waals surface area contributed by atoms with Crippen LogP contribution in [0, 0.1) is 11.8 Å². The van der Waals surface area contributed by atoms with Gasteiger partial charge in [0.2, 0.25) is 0 Å². The standard InChI is InChI=1S/C27H30N6O2/c1-5-23-21(9-6-18-7-11-25(28)29-15-18)26(31-17-30-23)19-8-10-22(24(14-19)35-4)27(34)33-13-12-20(16-33)32(2)3/h7-8,10-11,14-15,17,20H,5,12-13,16H2,1-4H3,(H2,28,29)/t20-/m0/s1. The predicted molar refractivity (Wildman–Crippen MR) is 136 cm³/mol. The van der Waals surface area contributed by atoms with Gasteiger partial charge in [0.1, 0.15) is 17.9 Å². The van der Waals surface area contributed by atoms with E-state index in [4.69, 9.17) is 10.5 Å². The number of methoxy groups -OCH3 is 1. The topological polar surface area (TPSA) is 97.5 Å². The van der Waals surface area contributed by atoms with Crippen molar-refractivity contribution in [2.45, 2.75) is 25.8 Å². The van der Waals surface area contributed by atoms with Gasteiger partial charge >= 0.3 is 0 Å². The molecule has 1 amide bonds. The molecule has 3 aromatic rings. The summed E-state index contributed by atoms with van der Waals surface area (Å²) < 4.78 is 5.64. The highest BCUT2D eigenvalue weighted by atomic mass is 16.5. The van der Waals surface area contributed by atoms with Crippen LogP contribution in [0.4, 0.5) is 5.82 Å². The van der Waals surface area contributed by atoms with Crippen LogP contribution in [0.25, 0.3) is 11.3 Å². The summed E-state index contributed by atoms with van der Waals surface area (Å²) in [6.45, 7) is 3.47. The highest BCUT2D eigenvalue weighted by molar-refractivity contribution is 5.98. The molecule has 2 aromatic heterocycles. The van der Waals surface area contributed by atoms with E-state index in [1.807, 2.05) is 50.2 Å². The zero-order valence-corrected chi connectivity index (χ0v) is 20.6. The van der Waals surface area contributed by atoms with Crippen molar-refractivity contribution in [1.82, 2.24) is 24.8 Å². The Bertz CT molecular complexity index is 1280. The van der Waals surface area contributed by atoms with Gasteiger partial charge in [-0.25, -0.2) is 15.0 Å². The number of aryl methyl sites for hydroxylation is 1. The van der Waals surface area contributed by atoms with Gasteiger partial charge in [-0.3, -0.25) is 4.79 Å². The third kappa shape index (κ3) is 5.26. The van der Waals surface area contributed by atoms with Gasteiger partial charge in [0.25, 0.3) is 5.91 Å². The van der Waals surface area contributed by atoms with Crippen LogP contribution in [0.3, 0.4) is 0 Å². The fraction of sp³-hybridized carbons (Fsp3) is 0.333. The zero-order chi connectivity index (χ0) is 24.9. The van der Waals surface area contributed by atoms with Crippen LogP contribution in [0.1, 0.15) is 40.5 Å². The normalized spacial score (nSPS) is 15.1. The minimum absolute atomic E-state index is 0.0226. The van der Waals surface area contributed by atoms with Gasteiger partial charge < -0.3 is 20.3 Å². The predicted octanol–water partition coefficient (Wildman–Crippen LogP) is 2.87. The van der Waals surface area contributed by atoms with Gasteiger partial charge in [0, 0.05) is 36.5 Å². The molecule has 1 fully saturated rings. The largest absolute Gasteiger partial charge is 0.496 e. The number of carbonyl (C=O) groups is 1. The van der Waals surface area contributed by atoms with Crippen LogP contribution in [0.15, 0.2) is 42.9 Å². The molecule has 0 spiro atoms. The number of benzene rings is 1. The minimum atomic E-state index is -0.0226. The summed E-state index contributed by atoms with van der Waals surface area (Å²) in [6.07, 6.45) is 4.85. The fourth-order valence-corrected chi connectivity index (χ4v) is 4.19. The number of rotatable bonds is 5. The van der Waals surface area contributed by atoms with Gasteiger partial charge in [0.05, 0.1) is 29.6 Å². The van der Waals surface area contributed by atoms with Crippen LogP contribution in [0.5, 0.6) is 5.75 Å². The molecular weight excluding hydrogens is 440 g/mol. The Balaban J connectivity index is 1.69. The van der Waals surface area contributed by atoms with Crippen molar-refractivity contribution in [1.29, 1.82) is 0 Å². The summed E-state index contributed by atoms with van der Waals surface area (Å²) >= 11 is 0. The number of nitrogen functional groups attached to an aromatic ring is 1. The van der Waals surface area contributed by atoms with E-state index in [1.54, 1.807) is 25.7 Å². The van der Waals surface area contributed by atoms with Crippen LogP contribution in [0.2, 0.25) is 0 Å². The third-order valence-corrected chi connectivity index (χ3v) is 6.27. The Morgan fingerprint density at radius 2 is 2.03 bits per heavy atom. The van der Waals surface area contributed by atoms with Crippen LogP contribution in [-0.2, 0) is 6.42 Å². The summed E-state index contributed by atoms with van der Waals surface area (Å²) in [5, 5.41) is 0. The molecule has 8 heteroatoms. The molecule has 1 atom stereocenters. The lowest BCUT2D eigenvalue weighted by Gasteiger charge is -2.21. The van der Waals surface area contributed by atoms with E-state index in [0.717, 1.165) is 35.3 Å². The van der Waals surface area contributed by atoms with E-state index in [0.29, 0.717) is 41.8 Å². The van der Waals surface area contributed by atoms with Crippen molar-refractivity contribution in [3.05, 3.63) is 65.2 Å². The van der Waals surface area contributed by atoms with Gasteiger partial charge in [-0.15, -0.1) is 0 Å². The molecule has 35 heavy (non-hydrogen) atoms. The molecular formula is C27H30N6O2. The molecule has 180 valence electrons. The first kappa shape index (κ1) is 24.2. The number of likely N-dealkylation sites (tertiary alicyclic amines) is 1. The number of hydrogen-bond acceptors (Lipinski definition) is 7. The number of pyridine rings is 1. The number of ether oxygens (including phenoxy) is 1. The second-order valence-corrected chi connectivity index (χ2v) is 8.69. The van der Waals surface area contributed by atoms with Crippen molar-refractivity contribution in [2.24, 2.45) is 0 Å². The molecule has 1 aliphatic rings. The van der Waals surface area contributed by atoms with Crippen LogP contribution < -0.4 is 10.5 Å². The van der Waals surface area contributed by atoms with Gasteiger partial charge in [-0.1, -0.05) is 24.8 Å². The second kappa shape index (κ2) is 10.5. The Morgan fingerprint density at radius 1 is 1.20 bits per heavy atom. The summed E-state index contributed by atoms with van der Waals surface area (Å²) in [5.41, 5.74) is 10.1. The molecule has 2 N–H and O–H groups in total. The number of likely N-dealkylation sites (N-methyl/N-ethyl adjacent to an activating group) is 1. The summed E-state index contributed by atoms with van der Waals surface area (Å²) in [4.78, 5) is 30.4. The molecule has 4 rings (SSSR count). The number of aromatic nitrogens is 3. The number of amides is 1. The highest BCUT2D eigenvalue weighted by Crippen LogP contribution is 2.30. The number of nitrogens with two attached hydrogens (primary N) is 1. The molecule has 0 radical (unpaired) electrons. The number of carbonyl (C=O) groups excluding carboxylic acids is 1. The van der Waals surface area contributed by atoms with E-state index < -0.39 is 0 Å². The van der Waals surface area contributed by atoms with Crippen molar-refractivity contribution >= 4 is 11.7 Å². The molecule has 0 saturated carbocycles. The van der Waals surface area contributed by atoms with Crippen LogP contribution >= 0.6 is 0 Å². The minimum Gasteiger partial charge on any atom is -0.496 e. The maximum Gasteiger partial charge on any atom is 0.257 e. The van der Waals surface area contributed by atoms with Crippen molar-refractivity contribution in [3.8, 4) is 28.8 Å². The molecule has 8 nitrogen and oxygen atoms in total. The molecule has 0 bridgehead atoms. The fourth-order valence-electron chi connectivity index (χ4n) is 4.19. The van der Waals surface area contributed by atoms with E-state index in [9.17, 15) is 4.79 Å². The van der Waals surface area contributed by atoms with Gasteiger partial charge in [0.15, 0.2) is 0 Å². The van der Waals surface area contributed by atoms with E-state index in [-0.39, 0.29) is 5.91 Å². The monoisotopic (exact) mass is 470 g/mol. The molecule has 1 aromatic carbocycles. The second-order valence-electron chi connectivity index (χ2n) is 8.69. The van der Waals surface area contributed by atoms with E-state index in [1.165, 1.54) is 0 Å². The lowest BCUT2D eigenvalue weighted by Crippen LogP contribution is -2.34.